The number of halogens is 6. The lowest BCUT2D eigenvalue weighted by molar-refractivity contribution is -0.302. The van der Waals surface area contributed by atoms with Crippen LogP contribution in [0.1, 0.15) is 43.2 Å². The highest BCUT2D eigenvalue weighted by molar-refractivity contribution is 5.97. The molecule has 1 aliphatic rings. The Bertz CT molecular complexity index is 1780. The third kappa shape index (κ3) is 4.23. The molecule has 41 heavy (non-hydrogen) atoms. The lowest BCUT2D eigenvalue weighted by Gasteiger charge is -2.23. The summed E-state index contributed by atoms with van der Waals surface area (Å²) in [5, 5.41) is 7.36. The second-order valence-corrected chi connectivity index (χ2v) is 8.78. The molecule has 0 bridgehead atoms. The van der Waals surface area contributed by atoms with E-state index < -0.39 is 34.1 Å². The van der Waals surface area contributed by atoms with Crippen LogP contribution >= 0.6 is 0 Å². The number of para-hydroxylation sites is 1. The highest BCUT2D eigenvalue weighted by atomic mass is 19.3. The molecule has 1 N–H and O–H groups in total. The fourth-order valence-corrected chi connectivity index (χ4v) is 5.41. The van der Waals surface area contributed by atoms with Gasteiger partial charge < -0.3 is 9.67 Å². The van der Waals surface area contributed by atoms with Crippen molar-refractivity contribution in [1.82, 2.24) is 4.57 Å². The minimum atomic E-state index is -5.60. The van der Waals surface area contributed by atoms with Crippen molar-refractivity contribution < 1.29 is 31.4 Å². The van der Waals surface area contributed by atoms with Crippen molar-refractivity contribution in [3.05, 3.63) is 101 Å². The molecule has 5 rings (SSSR count). The summed E-state index contributed by atoms with van der Waals surface area (Å²) in [6, 6.07) is 11.7. The van der Waals surface area contributed by atoms with E-state index in [1.165, 1.54) is 25.1 Å². The fourth-order valence-electron chi connectivity index (χ4n) is 5.41. The quantitative estimate of drug-likeness (QED) is 0.245. The van der Waals surface area contributed by atoms with Crippen LogP contribution in [0.25, 0.3) is 51.7 Å². The first kappa shape index (κ1) is 31.5. The Morgan fingerprint density at radius 2 is 1.37 bits per heavy atom. The maximum absolute atomic E-state index is 15.1. The molecule has 216 valence electrons. The molecule has 0 amide bonds. The van der Waals surface area contributed by atoms with Crippen LogP contribution in [0.2, 0.25) is 0 Å². The normalized spacial score (nSPS) is 16.9. The molecule has 8 heteroatoms. The topological polar surface area (TPSA) is 25.2 Å². The van der Waals surface area contributed by atoms with Gasteiger partial charge in [0.25, 0.3) is 0 Å². The smallest absolute Gasteiger partial charge is 0.380 e. The van der Waals surface area contributed by atoms with Gasteiger partial charge in [0.2, 0.25) is 0 Å². The van der Waals surface area contributed by atoms with E-state index in [4.69, 9.17) is 5.11 Å². The van der Waals surface area contributed by atoms with Crippen LogP contribution < -0.4 is 10.4 Å². The van der Waals surface area contributed by atoms with Crippen molar-refractivity contribution in [3.8, 4) is 5.69 Å². The maximum Gasteiger partial charge on any atom is 0.380 e. The minimum absolute atomic E-state index is 0.129. The number of aliphatic hydroxyl groups excluding tert-OH is 1. The standard InChI is InChI=1S/C30H21F6N.C2H6.CH4O/c1-5-11-21-18(6-2)23-16-17(37-24(8-4)19(7-3)20-12-9-10-13-25(20)37)14-15-22(23)27-26(21)28(31,32)30(35,36)29(27,33)34;2*1-2/h5-16H,1,3-4H2,2H3;1-2H3;2H,1H3/b18-6+,21-11+;;. The van der Waals surface area contributed by atoms with E-state index in [-0.39, 0.29) is 16.0 Å². The Morgan fingerprint density at radius 3 is 1.93 bits per heavy atom. The number of aromatic nitrogens is 1. The SMILES string of the molecule is C=C/C=c1/c2c(c3ccc(-n4c(C=C)c(C=C)c5ccccc54)cc3/c1=C/C)C(F)(F)C(F)(F)C2(F)F.CC.CO. The molecule has 1 aromatic heterocycles. The predicted molar refractivity (Wildman–Crippen MR) is 157 cm³/mol. The Labute approximate surface area is 234 Å². The summed E-state index contributed by atoms with van der Waals surface area (Å²) in [5.41, 5.74) is 0.0300. The van der Waals surface area contributed by atoms with E-state index in [1.54, 1.807) is 18.2 Å². The van der Waals surface area contributed by atoms with Crippen molar-refractivity contribution in [3.63, 3.8) is 0 Å². The summed E-state index contributed by atoms with van der Waals surface area (Å²) in [7, 11) is 1.00. The molecule has 1 heterocycles. The number of aliphatic hydroxyl groups is 1. The molecule has 0 saturated carbocycles. The summed E-state index contributed by atoms with van der Waals surface area (Å²) in [5.74, 6) is -15.8. The van der Waals surface area contributed by atoms with Crippen molar-refractivity contribution in [1.29, 1.82) is 0 Å². The highest BCUT2D eigenvalue weighted by Crippen LogP contribution is 2.63. The van der Waals surface area contributed by atoms with Crippen molar-refractivity contribution in [2.24, 2.45) is 0 Å². The first-order valence-corrected chi connectivity index (χ1v) is 12.9. The van der Waals surface area contributed by atoms with Gasteiger partial charge in [-0.25, -0.2) is 0 Å². The first-order valence-electron chi connectivity index (χ1n) is 12.9. The number of fused-ring (bicyclic) bond motifs is 4. The largest absolute Gasteiger partial charge is 0.400 e. The minimum Gasteiger partial charge on any atom is -0.400 e. The Hall–Kier alpha value is -4.04. The van der Waals surface area contributed by atoms with Gasteiger partial charge in [-0.1, -0.05) is 82.2 Å². The third-order valence-corrected chi connectivity index (χ3v) is 6.97. The molecule has 2 nitrogen and oxygen atoms in total. The number of nitrogens with zero attached hydrogens (tertiary/aromatic N) is 1. The number of benzene rings is 3. The molecule has 4 aromatic rings. The van der Waals surface area contributed by atoms with Crippen LogP contribution in [0.15, 0.2) is 68.3 Å². The zero-order valence-corrected chi connectivity index (χ0v) is 23.2. The van der Waals surface area contributed by atoms with Crippen molar-refractivity contribution >= 4 is 46.0 Å². The van der Waals surface area contributed by atoms with Crippen molar-refractivity contribution in [2.45, 2.75) is 38.5 Å². The lowest BCUT2D eigenvalue weighted by atomic mass is 9.93. The Balaban J connectivity index is 0.00000111. The average molecular weight is 572 g/mol. The molecular formula is C33H31F6NO. The number of allylic oxidation sites excluding steroid dienone is 1. The molecule has 1 aliphatic carbocycles. The van der Waals surface area contributed by atoms with E-state index in [0.717, 1.165) is 35.7 Å². The molecule has 0 radical (unpaired) electrons. The fraction of sp³-hybridized carbons (Fsp3) is 0.212. The van der Waals surface area contributed by atoms with Gasteiger partial charge in [-0.2, -0.15) is 26.3 Å². The molecule has 0 fully saturated rings. The summed E-state index contributed by atoms with van der Waals surface area (Å²) >= 11 is 0. The molecular weight excluding hydrogens is 540 g/mol. The van der Waals surface area contributed by atoms with Gasteiger partial charge in [-0.05, 0) is 52.4 Å². The molecule has 0 atom stereocenters. The van der Waals surface area contributed by atoms with E-state index >= 15 is 8.78 Å². The molecule has 0 aliphatic heterocycles. The number of alkyl halides is 6. The maximum atomic E-state index is 15.1. The number of rotatable bonds is 4. The van der Waals surface area contributed by atoms with Gasteiger partial charge in [0.15, 0.2) is 0 Å². The Morgan fingerprint density at radius 1 is 0.756 bits per heavy atom. The molecule has 0 spiro atoms. The van der Waals surface area contributed by atoms with Crippen LogP contribution in [-0.4, -0.2) is 22.7 Å². The van der Waals surface area contributed by atoms with E-state index in [1.807, 2.05) is 42.7 Å². The van der Waals surface area contributed by atoms with Gasteiger partial charge in [-0.15, -0.1) is 0 Å². The van der Waals surface area contributed by atoms with E-state index in [0.29, 0.717) is 11.4 Å². The predicted octanol–water partition coefficient (Wildman–Crippen LogP) is 8.30. The Kier molecular flexibility index (Phi) is 8.79. The van der Waals surface area contributed by atoms with Crippen molar-refractivity contribution in [2.75, 3.05) is 7.11 Å². The summed E-state index contributed by atoms with van der Waals surface area (Å²) < 4.78 is 91.1. The van der Waals surface area contributed by atoms with Crippen LogP contribution in [0.5, 0.6) is 0 Å². The second kappa shape index (κ2) is 11.4. The third-order valence-electron chi connectivity index (χ3n) is 6.97. The summed E-state index contributed by atoms with van der Waals surface area (Å²) in [4.78, 5) is 0. The second-order valence-electron chi connectivity index (χ2n) is 8.78. The van der Waals surface area contributed by atoms with Crippen LogP contribution in [0.4, 0.5) is 26.3 Å². The first-order chi connectivity index (χ1) is 19.5. The van der Waals surface area contributed by atoms with Crippen LogP contribution in [-0.2, 0) is 11.8 Å². The number of hydrogen-bond acceptors (Lipinski definition) is 1. The molecule has 3 aromatic carbocycles. The van der Waals surface area contributed by atoms with Gasteiger partial charge in [-0.3, -0.25) is 0 Å². The van der Waals surface area contributed by atoms with E-state index in [9.17, 15) is 17.6 Å². The summed E-state index contributed by atoms with van der Waals surface area (Å²) in [6.45, 7) is 16.8. The molecule has 0 unspecified atom stereocenters. The van der Waals surface area contributed by atoms with E-state index in [2.05, 4.69) is 19.7 Å². The van der Waals surface area contributed by atoms with Gasteiger partial charge >= 0.3 is 17.8 Å². The number of hydrogen-bond donors (Lipinski definition) is 1. The van der Waals surface area contributed by atoms with Gasteiger partial charge in [0.1, 0.15) is 0 Å². The summed E-state index contributed by atoms with van der Waals surface area (Å²) in [6.07, 6.45) is 6.94. The van der Waals surface area contributed by atoms with Crippen LogP contribution in [0, 0.1) is 0 Å². The monoisotopic (exact) mass is 571 g/mol. The highest BCUT2D eigenvalue weighted by Gasteiger charge is 2.79. The zero-order valence-electron chi connectivity index (χ0n) is 23.2. The van der Waals surface area contributed by atoms with Gasteiger partial charge in [0, 0.05) is 34.9 Å². The molecule has 0 saturated heterocycles. The zero-order chi connectivity index (χ0) is 30.9. The lowest BCUT2D eigenvalue weighted by Crippen LogP contribution is -2.45. The van der Waals surface area contributed by atoms with Gasteiger partial charge in [0.05, 0.1) is 11.2 Å². The average Bonchev–Trinajstić information content (AvgIpc) is 3.36. The van der Waals surface area contributed by atoms with Crippen LogP contribution in [0.3, 0.4) is 0 Å².